The third-order valence-corrected chi connectivity index (χ3v) is 6.98. The van der Waals surface area contributed by atoms with Crippen molar-refractivity contribution >= 4 is 23.6 Å². The maximum Gasteiger partial charge on any atom is 0.255 e. The lowest BCUT2D eigenvalue weighted by Gasteiger charge is -2.26. The second-order valence-electron chi connectivity index (χ2n) is 11.0. The van der Waals surface area contributed by atoms with Crippen molar-refractivity contribution in [3.05, 3.63) is 65.7 Å². The molecule has 1 aliphatic rings. The minimum atomic E-state index is -0.949. The Morgan fingerprint density at radius 1 is 1.00 bits per heavy atom. The average molecular weight is 566 g/mol. The van der Waals surface area contributed by atoms with Gasteiger partial charge in [0.1, 0.15) is 24.4 Å². The fourth-order valence-electron chi connectivity index (χ4n) is 4.48. The molecular formula is C31H43N5O5. The van der Waals surface area contributed by atoms with E-state index in [9.17, 15) is 19.2 Å². The van der Waals surface area contributed by atoms with Gasteiger partial charge in [0.2, 0.25) is 17.7 Å². The van der Waals surface area contributed by atoms with Crippen LogP contribution in [0.15, 0.2) is 54.6 Å². The fraction of sp³-hybridized carbons (Fsp3) is 0.484. The number of hydrogen-bond acceptors (Lipinski definition) is 6. The second kappa shape index (κ2) is 15.8. The van der Waals surface area contributed by atoms with Gasteiger partial charge in [-0.25, -0.2) is 0 Å². The lowest BCUT2D eigenvalue weighted by Crippen LogP contribution is -2.53. The zero-order valence-corrected chi connectivity index (χ0v) is 24.4. The van der Waals surface area contributed by atoms with E-state index in [4.69, 9.17) is 4.74 Å². The molecule has 10 heteroatoms. The molecule has 0 fully saturated rings. The first-order valence-electron chi connectivity index (χ1n) is 14.2. The normalized spacial score (nSPS) is 20.5. The molecule has 0 saturated heterocycles. The Morgan fingerprint density at radius 3 is 2.41 bits per heavy atom. The first kappa shape index (κ1) is 31.6. The Bertz CT molecular complexity index is 1170. The summed E-state index contributed by atoms with van der Waals surface area (Å²) in [5.41, 5.74) is 1.17. The molecule has 0 spiro atoms. The van der Waals surface area contributed by atoms with Gasteiger partial charge in [-0.05, 0) is 57.1 Å². The smallest absolute Gasteiger partial charge is 0.255 e. The molecule has 0 unspecified atom stereocenters. The van der Waals surface area contributed by atoms with E-state index in [1.807, 2.05) is 63.2 Å². The summed E-state index contributed by atoms with van der Waals surface area (Å²) in [6, 6.07) is 14.1. The Morgan fingerprint density at radius 2 is 1.71 bits per heavy atom. The number of hydrogen-bond donors (Lipinski definition) is 4. The lowest BCUT2D eigenvalue weighted by molar-refractivity contribution is -0.130. The van der Waals surface area contributed by atoms with Gasteiger partial charge in [-0.3, -0.25) is 19.2 Å². The molecular weight excluding hydrogens is 522 g/mol. The predicted octanol–water partition coefficient (Wildman–Crippen LogP) is 1.89. The van der Waals surface area contributed by atoms with Crippen LogP contribution in [0.2, 0.25) is 0 Å². The summed E-state index contributed by atoms with van der Waals surface area (Å²) in [7, 11) is 3.91. The first-order chi connectivity index (χ1) is 19.6. The number of para-hydroxylation sites is 1. The zero-order chi connectivity index (χ0) is 29.8. The van der Waals surface area contributed by atoms with Crippen molar-refractivity contribution in [1.29, 1.82) is 0 Å². The van der Waals surface area contributed by atoms with Crippen molar-refractivity contribution in [1.82, 2.24) is 26.2 Å². The maximum absolute atomic E-state index is 13.5. The van der Waals surface area contributed by atoms with E-state index < -0.39 is 18.0 Å². The van der Waals surface area contributed by atoms with Crippen LogP contribution in [0.4, 0.5) is 0 Å². The second-order valence-corrected chi connectivity index (χ2v) is 11.0. The highest BCUT2D eigenvalue weighted by molar-refractivity contribution is 5.99. The number of carbonyl (C=O) groups is 4. The van der Waals surface area contributed by atoms with Crippen LogP contribution in [0.3, 0.4) is 0 Å². The molecule has 3 rings (SSSR count). The third kappa shape index (κ3) is 10.2. The number of fused-ring (bicyclic) bond motifs is 1. The monoisotopic (exact) mass is 565 g/mol. The molecule has 41 heavy (non-hydrogen) atoms. The van der Waals surface area contributed by atoms with Crippen molar-refractivity contribution in [2.24, 2.45) is 5.92 Å². The Balaban J connectivity index is 1.87. The number of ether oxygens (including phenoxy) is 1. The van der Waals surface area contributed by atoms with E-state index >= 15 is 0 Å². The van der Waals surface area contributed by atoms with Gasteiger partial charge in [0.15, 0.2) is 0 Å². The van der Waals surface area contributed by atoms with Gasteiger partial charge >= 0.3 is 0 Å². The standard InChI is InChI=1S/C31H43N5O5/c1-21(2)26-20-41-27-14-9-8-13-23(27)29(38)34-24(30(39)32-17-10-18-36(3)4)15-16-28(37)33-25(31(40)35-26)19-22-11-6-5-7-12-22/h5-9,11-14,21,24-26H,10,15-20H2,1-4H3,(H,32,39)(H,33,37)(H,34,38)(H,35,40)/t24-,25-,26-/m0/s1. The summed E-state index contributed by atoms with van der Waals surface area (Å²) in [4.78, 5) is 55.0. The van der Waals surface area contributed by atoms with Crippen LogP contribution in [-0.2, 0) is 20.8 Å². The van der Waals surface area contributed by atoms with Crippen molar-refractivity contribution in [3.8, 4) is 5.75 Å². The Hall–Kier alpha value is -3.92. The number of nitrogens with zero attached hydrogens (tertiary/aromatic N) is 1. The van der Waals surface area contributed by atoms with Crippen LogP contribution >= 0.6 is 0 Å². The molecule has 3 atom stereocenters. The minimum Gasteiger partial charge on any atom is -0.491 e. The molecule has 222 valence electrons. The van der Waals surface area contributed by atoms with Gasteiger partial charge in [0.25, 0.3) is 5.91 Å². The van der Waals surface area contributed by atoms with Crippen LogP contribution in [0.5, 0.6) is 5.75 Å². The number of amides is 4. The van der Waals surface area contributed by atoms with Gasteiger partial charge in [-0.15, -0.1) is 0 Å². The molecule has 2 aromatic rings. The predicted molar refractivity (Wildman–Crippen MR) is 157 cm³/mol. The lowest BCUT2D eigenvalue weighted by atomic mass is 10.0. The summed E-state index contributed by atoms with van der Waals surface area (Å²) >= 11 is 0. The van der Waals surface area contributed by atoms with Crippen molar-refractivity contribution in [2.75, 3.05) is 33.8 Å². The molecule has 0 radical (unpaired) electrons. The van der Waals surface area contributed by atoms with Gasteiger partial charge in [0, 0.05) is 19.4 Å². The van der Waals surface area contributed by atoms with Crippen molar-refractivity contribution in [3.63, 3.8) is 0 Å². The average Bonchev–Trinajstić information content (AvgIpc) is 2.95. The van der Waals surface area contributed by atoms with Crippen LogP contribution in [-0.4, -0.2) is 80.4 Å². The van der Waals surface area contributed by atoms with Crippen molar-refractivity contribution < 1.29 is 23.9 Å². The molecule has 0 saturated carbocycles. The molecule has 1 aliphatic heterocycles. The summed E-state index contributed by atoms with van der Waals surface area (Å²) in [6.07, 6.45) is 1.05. The quantitative estimate of drug-likeness (QED) is 0.362. The number of benzene rings is 2. The molecule has 0 aromatic heterocycles. The van der Waals surface area contributed by atoms with Crippen molar-refractivity contribution in [2.45, 2.75) is 57.7 Å². The number of carbonyl (C=O) groups excluding carboxylic acids is 4. The summed E-state index contributed by atoms with van der Waals surface area (Å²) in [5, 5.41) is 11.6. The molecule has 1 heterocycles. The molecule has 2 aromatic carbocycles. The van der Waals surface area contributed by atoms with Crippen LogP contribution in [0, 0.1) is 5.92 Å². The van der Waals surface area contributed by atoms with Gasteiger partial charge in [-0.2, -0.15) is 0 Å². The Labute approximate surface area is 242 Å². The van der Waals surface area contributed by atoms with E-state index in [2.05, 4.69) is 21.3 Å². The van der Waals surface area contributed by atoms with Crippen LogP contribution < -0.4 is 26.0 Å². The topological polar surface area (TPSA) is 129 Å². The van der Waals surface area contributed by atoms with Gasteiger partial charge in [-0.1, -0.05) is 56.3 Å². The maximum atomic E-state index is 13.5. The summed E-state index contributed by atoms with van der Waals surface area (Å²) in [5.74, 6) is -1.18. The number of rotatable bonds is 8. The highest BCUT2D eigenvalue weighted by atomic mass is 16.5. The molecule has 0 aliphatic carbocycles. The molecule has 4 amide bonds. The highest BCUT2D eigenvalue weighted by Crippen LogP contribution is 2.20. The molecule has 4 N–H and O–H groups in total. The SMILES string of the molecule is CC(C)[C@@H]1COc2ccccc2C(=O)N[C@H](C(=O)NCCCN(C)C)CCC(=O)N[C@@H](Cc2ccccc2)C(=O)N1. The molecule has 10 nitrogen and oxygen atoms in total. The Kier molecular flexibility index (Phi) is 12.1. The van der Waals surface area contributed by atoms with Crippen LogP contribution in [0.1, 0.15) is 49.0 Å². The number of nitrogens with one attached hydrogen (secondary N) is 4. The molecule has 0 bridgehead atoms. The fourth-order valence-corrected chi connectivity index (χ4v) is 4.48. The van der Waals surface area contributed by atoms with Gasteiger partial charge < -0.3 is 30.9 Å². The first-order valence-corrected chi connectivity index (χ1v) is 14.2. The van der Waals surface area contributed by atoms with Crippen LogP contribution in [0.25, 0.3) is 0 Å². The zero-order valence-electron chi connectivity index (χ0n) is 24.4. The largest absolute Gasteiger partial charge is 0.491 e. The van der Waals surface area contributed by atoms with Gasteiger partial charge in [0.05, 0.1) is 11.6 Å². The summed E-state index contributed by atoms with van der Waals surface area (Å²) < 4.78 is 6.06. The highest BCUT2D eigenvalue weighted by Gasteiger charge is 2.29. The van der Waals surface area contributed by atoms with E-state index in [1.54, 1.807) is 24.3 Å². The van der Waals surface area contributed by atoms with E-state index in [1.165, 1.54) is 0 Å². The van der Waals surface area contributed by atoms with E-state index in [-0.39, 0.29) is 54.7 Å². The minimum absolute atomic E-state index is 0.0178. The third-order valence-electron chi connectivity index (χ3n) is 6.98. The summed E-state index contributed by atoms with van der Waals surface area (Å²) in [6.45, 7) is 5.29. The van der Waals surface area contributed by atoms with E-state index in [0.717, 1.165) is 18.5 Å². The van der Waals surface area contributed by atoms with E-state index in [0.29, 0.717) is 18.7 Å².